The number of imide groups is 1. The molecule has 2 heterocycles. The molecule has 3 fully saturated rings. The molecule has 0 radical (unpaired) electrons. The fourth-order valence-corrected chi connectivity index (χ4v) is 5.78. The zero-order valence-corrected chi connectivity index (χ0v) is 14.5. The van der Waals surface area contributed by atoms with Crippen LogP contribution in [0.15, 0.2) is 24.3 Å². The highest BCUT2D eigenvalue weighted by molar-refractivity contribution is 8.01. The lowest BCUT2D eigenvalue weighted by Gasteiger charge is -2.39. The van der Waals surface area contributed by atoms with Crippen LogP contribution in [0, 0.1) is 10.1 Å². The molecule has 7 nitrogen and oxygen atoms in total. The number of non-ortho nitro benzene ring substituents is 1. The average Bonchev–Trinajstić information content (AvgIpc) is 3.08. The predicted octanol–water partition coefficient (Wildman–Crippen LogP) is 3.13. The van der Waals surface area contributed by atoms with E-state index in [0.29, 0.717) is 5.75 Å². The van der Waals surface area contributed by atoms with Gasteiger partial charge in [-0.2, -0.15) is 0 Å². The van der Waals surface area contributed by atoms with Gasteiger partial charge in [0.15, 0.2) is 0 Å². The summed E-state index contributed by atoms with van der Waals surface area (Å²) in [6.07, 6.45) is 5.30. The number of urea groups is 1. The van der Waals surface area contributed by atoms with Gasteiger partial charge in [-0.1, -0.05) is 31.4 Å². The molecule has 1 aromatic rings. The van der Waals surface area contributed by atoms with Crippen molar-refractivity contribution in [1.29, 1.82) is 0 Å². The van der Waals surface area contributed by atoms with E-state index in [1.807, 2.05) is 4.90 Å². The van der Waals surface area contributed by atoms with Gasteiger partial charge in [-0.25, -0.2) is 4.79 Å². The molecule has 3 amide bonds. The highest BCUT2D eigenvalue weighted by atomic mass is 32.2. The molecular weight excluding hydrogens is 342 g/mol. The van der Waals surface area contributed by atoms with Crippen molar-refractivity contribution in [1.82, 2.24) is 9.80 Å². The Labute approximate surface area is 149 Å². The Morgan fingerprint density at radius 1 is 1.16 bits per heavy atom. The second kappa shape index (κ2) is 6.01. The lowest BCUT2D eigenvalue weighted by atomic mass is 9.93. The van der Waals surface area contributed by atoms with Crippen LogP contribution >= 0.6 is 11.8 Å². The van der Waals surface area contributed by atoms with Crippen LogP contribution in [-0.4, -0.2) is 43.3 Å². The molecule has 1 atom stereocenters. The first-order valence-corrected chi connectivity index (χ1v) is 9.52. The van der Waals surface area contributed by atoms with Gasteiger partial charge in [0.1, 0.15) is 6.04 Å². The van der Waals surface area contributed by atoms with Gasteiger partial charge in [-0.15, -0.1) is 11.8 Å². The number of nitrogens with zero attached hydrogens (tertiary/aromatic N) is 3. The molecule has 2 saturated heterocycles. The number of carbonyl (C=O) groups is 2. The molecule has 0 bridgehead atoms. The maximum Gasteiger partial charge on any atom is 0.328 e. The monoisotopic (exact) mass is 361 g/mol. The molecule has 0 aromatic heterocycles. The van der Waals surface area contributed by atoms with Crippen LogP contribution in [0.3, 0.4) is 0 Å². The SMILES string of the molecule is O=C1[C@@H]2CSC3(CCCCC3)N2C(=O)N1Cc1ccc([N+](=O)[O-])cc1. The molecule has 8 heteroatoms. The van der Waals surface area contributed by atoms with E-state index < -0.39 is 4.92 Å². The molecule has 2 aliphatic heterocycles. The molecule has 1 aromatic carbocycles. The fourth-order valence-electron chi connectivity index (χ4n) is 4.10. The topological polar surface area (TPSA) is 83.8 Å². The molecule has 1 aliphatic carbocycles. The fraction of sp³-hybridized carbons (Fsp3) is 0.529. The lowest BCUT2D eigenvalue weighted by Crippen LogP contribution is -2.48. The van der Waals surface area contributed by atoms with E-state index in [4.69, 9.17) is 0 Å². The molecule has 1 saturated carbocycles. The minimum atomic E-state index is -0.462. The van der Waals surface area contributed by atoms with E-state index in [1.54, 1.807) is 23.9 Å². The van der Waals surface area contributed by atoms with E-state index >= 15 is 0 Å². The van der Waals surface area contributed by atoms with Crippen molar-refractivity contribution < 1.29 is 14.5 Å². The zero-order valence-electron chi connectivity index (χ0n) is 13.7. The summed E-state index contributed by atoms with van der Waals surface area (Å²) < 4.78 is 0. The van der Waals surface area contributed by atoms with E-state index in [1.165, 1.54) is 23.5 Å². The number of thioether (sulfide) groups is 1. The first-order chi connectivity index (χ1) is 12.0. The smallest absolute Gasteiger partial charge is 0.297 e. The Morgan fingerprint density at radius 2 is 1.84 bits per heavy atom. The van der Waals surface area contributed by atoms with Crippen molar-refractivity contribution in [3.05, 3.63) is 39.9 Å². The minimum absolute atomic E-state index is 0.000929. The van der Waals surface area contributed by atoms with Gasteiger partial charge in [0.2, 0.25) is 0 Å². The summed E-state index contributed by atoms with van der Waals surface area (Å²) in [5.74, 6) is 0.528. The molecule has 0 N–H and O–H groups in total. The zero-order chi connectivity index (χ0) is 17.6. The number of amides is 3. The number of hydrogen-bond donors (Lipinski definition) is 0. The Hall–Kier alpha value is -2.09. The van der Waals surface area contributed by atoms with E-state index in [0.717, 1.165) is 31.2 Å². The molecular formula is C17H19N3O4S. The van der Waals surface area contributed by atoms with Crippen molar-refractivity contribution in [2.75, 3.05) is 5.75 Å². The molecule has 4 rings (SSSR count). The molecule has 25 heavy (non-hydrogen) atoms. The number of carbonyl (C=O) groups excluding carboxylic acids is 2. The summed E-state index contributed by atoms with van der Waals surface area (Å²) >= 11 is 1.76. The lowest BCUT2D eigenvalue weighted by molar-refractivity contribution is -0.384. The number of fused-ring (bicyclic) bond motifs is 2. The van der Waals surface area contributed by atoms with E-state index in [9.17, 15) is 19.7 Å². The minimum Gasteiger partial charge on any atom is -0.297 e. The summed E-state index contributed by atoms with van der Waals surface area (Å²) in [5, 5.41) is 10.7. The largest absolute Gasteiger partial charge is 0.328 e. The maximum absolute atomic E-state index is 13.0. The van der Waals surface area contributed by atoms with Gasteiger partial charge >= 0.3 is 6.03 Å². The summed E-state index contributed by atoms with van der Waals surface area (Å²) in [6.45, 7) is 0.170. The van der Waals surface area contributed by atoms with Crippen LogP contribution in [-0.2, 0) is 11.3 Å². The first kappa shape index (κ1) is 16.4. The number of rotatable bonds is 3. The van der Waals surface area contributed by atoms with Gasteiger partial charge in [-0.3, -0.25) is 24.7 Å². The van der Waals surface area contributed by atoms with Gasteiger partial charge < -0.3 is 0 Å². The summed E-state index contributed by atoms with van der Waals surface area (Å²) in [4.78, 5) is 38.9. The molecule has 132 valence electrons. The summed E-state index contributed by atoms with van der Waals surface area (Å²) in [5.41, 5.74) is 0.722. The van der Waals surface area contributed by atoms with Gasteiger partial charge in [0.05, 0.1) is 16.3 Å². The standard InChI is InChI=1S/C17H19N3O4S/c21-15-14-11-25-17(8-2-1-3-9-17)19(14)16(22)18(15)10-12-4-6-13(7-5-12)20(23)24/h4-7,14H,1-3,8-11H2/t14-/m0/s1. The van der Waals surface area contributed by atoms with Crippen molar-refractivity contribution >= 4 is 29.4 Å². The number of hydrogen-bond acceptors (Lipinski definition) is 5. The van der Waals surface area contributed by atoms with Crippen molar-refractivity contribution in [2.24, 2.45) is 0 Å². The van der Waals surface area contributed by atoms with Crippen LogP contribution in [0.4, 0.5) is 10.5 Å². The average molecular weight is 361 g/mol. The van der Waals surface area contributed by atoms with Crippen molar-refractivity contribution in [2.45, 2.75) is 49.6 Å². The Kier molecular flexibility index (Phi) is 3.94. The van der Waals surface area contributed by atoms with Crippen LogP contribution in [0.2, 0.25) is 0 Å². The third-order valence-corrected chi connectivity index (χ3v) is 7.00. The molecule has 3 aliphatic rings. The number of benzene rings is 1. The third-order valence-electron chi connectivity index (χ3n) is 5.37. The van der Waals surface area contributed by atoms with Gasteiger partial charge in [0.25, 0.3) is 11.6 Å². The first-order valence-electron chi connectivity index (χ1n) is 8.54. The number of nitro benzene ring substituents is 1. The highest BCUT2D eigenvalue weighted by Crippen LogP contribution is 2.51. The molecule has 0 unspecified atom stereocenters. The van der Waals surface area contributed by atoms with Crippen LogP contribution in [0.5, 0.6) is 0 Å². The second-order valence-corrected chi connectivity index (χ2v) is 8.22. The molecule has 1 spiro atoms. The summed E-state index contributed by atoms with van der Waals surface area (Å²) in [6, 6.07) is 5.45. The van der Waals surface area contributed by atoms with E-state index in [2.05, 4.69) is 0 Å². The van der Waals surface area contributed by atoms with Crippen molar-refractivity contribution in [3.8, 4) is 0 Å². The van der Waals surface area contributed by atoms with Crippen LogP contribution in [0.1, 0.15) is 37.7 Å². The third kappa shape index (κ3) is 2.59. The predicted molar refractivity (Wildman–Crippen MR) is 92.9 cm³/mol. The van der Waals surface area contributed by atoms with Crippen LogP contribution in [0.25, 0.3) is 0 Å². The van der Waals surface area contributed by atoms with Gasteiger partial charge in [-0.05, 0) is 18.4 Å². The van der Waals surface area contributed by atoms with Crippen molar-refractivity contribution in [3.63, 3.8) is 0 Å². The highest BCUT2D eigenvalue weighted by Gasteiger charge is 2.59. The second-order valence-electron chi connectivity index (χ2n) is 6.83. The van der Waals surface area contributed by atoms with E-state index in [-0.39, 0.29) is 35.1 Å². The Balaban J connectivity index is 1.55. The number of nitro groups is 1. The quantitative estimate of drug-likeness (QED) is 0.469. The van der Waals surface area contributed by atoms with Crippen LogP contribution < -0.4 is 0 Å². The Morgan fingerprint density at radius 3 is 2.48 bits per heavy atom. The summed E-state index contributed by atoms with van der Waals surface area (Å²) in [7, 11) is 0. The van der Waals surface area contributed by atoms with Gasteiger partial charge in [0, 0.05) is 17.9 Å². The maximum atomic E-state index is 13.0. The Bertz CT molecular complexity index is 730. The normalized spacial score (nSPS) is 24.9.